The second kappa shape index (κ2) is 8.10. The lowest BCUT2D eigenvalue weighted by Gasteiger charge is -2.25. The quantitative estimate of drug-likeness (QED) is 0.521. The molecule has 0 aromatic heterocycles. The maximum atomic E-state index is 9.73. The van der Waals surface area contributed by atoms with Gasteiger partial charge in [-0.3, -0.25) is 0 Å². The molecule has 0 aromatic carbocycles. The third-order valence-corrected chi connectivity index (χ3v) is 3.36. The summed E-state index contributed by atoms with van der Waals surface area (Å²) >= 11 is 0. The predicted molar refractivity (Wildman–Crippen MR) is 72.5 cm³/mol. The Hall–Kier alpha value is -0.160. The fourth-order valence-electron chi connectivity index (χ4n) is 1.94. The molecule has 1 unspecified atom stereocenters. The molecule has 1 aliphatic carbocycles. The van der Waals surface area contributed by atoms with Crippen molar-refractivity contribution in [2.24, 2.45) is 11.3 Å². The molecule has 18 heavy (non-hydrogen) atoms. The van der Waals surface area contributed by atoms with E-state index in [9.17, 15) is 5.11 Å². The molecule has 1 fully saturated rings. The van der Waals surface area contributed by atoms with Crippen LogP contribution in [0.1, 0.15) is 39.5 Å². The van der Waals surface area contributed by atoms with Gasteiger partial charge in [-0.25, -0.2) is 0 Å². The van der Waals surface area contributed by atoms with Gasteiger partial charge in [0.15, 0.2) is 0 Å². The average molecular weight is 259 g/mol. The van der Waals surface area contributed by atoms with Gasteiger partial charge in [0, 0.05) is 26.3 Å². The van der Waals surface area contributed by atoms with E-state index >= 15 is 0 Å². The minimum Gasteiger partial charge on any atom is -0.396 e. The molecule has 1 aliphatic rings. The van der Waals surface area contributed by atoms with Crippen molar-refractivity contribution in [2.45, 2.75) is 45.6 Å². The smallest absolute Gasteiger partial charge is 0.0897 e. The zero-order valence-electron chi connectivity index (χ0n) is 11.8. The molecule has 108 valence electrons. The fourth-order valence-corrected chi connectivity index (χ4v) is 1.94. The molecule has 3 N–H and O–H groups in total. The SMILES string of the molecule is CC(C)(CCCO)CNCC(O)COCC1CC1. The van der Waals surface area contributed by atoms with E-state index in [-0.39, 0.29) is 12.0 Å². The normalized spacial score (nSPS) is 18.0. The summed E-state index contributed by atoms with van der Waals surface area (Å²) in [6.45, 7) is 7.26. The molecule has 0 bridgehead atoms. The number of hydrogen-bond acceptors (Lipinski definition) is 4. The van der Waals surface area contributed by atoms with Gasteiger partial charge in [-0.2, -0.15) is 0 Å². The van der Waals surface area contributed by atoms with Gasteiger partial charge in [0.2, 0.25) is 0 Å². The van der Waals surface area contributed by atoms with Crippen LogP contribution in [0.4, 0.5) is 0 Å². The number of hydrogen-bond donors (Lipinski definition) is 3. The first-order chi connectivity index (χ1) is 8.53. The van der Waals surface area contributed by atoms with E-state index in [1.54, 1.807) is 0 Å². The van der Waals surface area contributed by atoms with Crippen molar-refractivity contribution in [1.82, 2.24) is 5.32 Å². The van der Waals surface area contributed by atoms with Crippen LogP contribution in [0.25, 0.3) is 0 Å². The molecule has 0 heterocycles. The van der Waals surface area contributed by atoms with Gasteiger partial charge in [0.25, 0.3) is 0 Å². The highest BCUT2D eigenvalue weighted by molar-refractivity contribution is 4.74. The third kappa shape index (κ3) is 8.03. The van der Waals surface area contributed by atoms with E-state index in [4.69, 9.17) is 9.84 Å². The number of nitrogens with one attached hydrogen (secondary N) is 1. The molecule has 1 atom stereocenters. The van der Waals surface area contributed by atoms with Gasteiger partial charge in [-0.05, 0) is 37.0 Å². The van der Waals surface area contributed by atoms with Crippen LogP contribution in [0.2, 0.25) is 0 Å². The highest BCUT2D eigenvalue weighted by Gasteiger charge is 2.21. The van der Waals surface area contributed by atoms with E-state index in [1.165, 1.54) is 12.8 Å². The van der Waals surface area contributed by atoms with Crippen molar-refractivity contribution in [1.29, 1.82) is 0 Å². The van der Waals surface area contributed by atoms with Crippen molar-refractivity contribution in [2.75, 3.05) is 32.9 Å². The Morgan fingerprint density at radius 2 is 2.11 bits per heavy atom. The summed E-state index contributed by atoms with van der Waals surface area (Å²) in [6.07, 6.45) is 3.98. The first-order valence-electron chi connectivity index (χ1n) is 7.11. The second-order valence-corrected chi connectivity index (χ2v) is 6.26. The number of aliphatic hydroxyl groups is 2. The van der Waals surface area contributed by atoms with Gasteiger partial charge in [-0.1, -0.05) is 13.8 Å². The van der Waals surface area contributed by atoms with E-state index in [0.717, 1.165) is 31.9 Å². The molecule has 0 amide bonds. The minimum absolute atomic E-state index is 0.164. The first-order valence-corrected chi connectivity index (χ1v) is 7.11. The lowest BCUT2D eigenvalue weighted by atomic mass is 9.88. The zero-order chi connectivity index (χ0) is 13.4. The molecular weight excluding hydrogens is 230 g/mol. The molecule has 4 heteroatoms. The topological polar surface area (TPSA) is 61.7 Å². The Morgan fingerprint density at radius 3 is 2.72 bits per heavy atom. The van der Waals surface area contributed by atoms with Crippen LogP contribution in [0.3, 0.4) is 0 Å². The van der Waals surface area contributed by atoms with Crippen LogP contribution >= 0.6 is 0 Å². The molecule has 0 radical (unpaired) electrons. The van der Waals surface area contributed by atoms with Crippen LogP contribution in [0.5, 0.6) is 0 Å². The Morgan fingerprint density at radius 1 is 1.39 bits per heavy atom. The van der Waals surface area contributed by atoms with Gasteiger partial charge in [0.1, 0.15) is 0 Å². The second-order valence-electron chi connectivity index (χ2n) is 6.26. The Kier molecular flexibility index (Phi) is 7.15. The summed E-state index contributed by atoms with van der Waals surface area (Å²) in [6, 6.07) is 0. The number of ether oxygens (including phenoxy) is 1. The Labute approximate surface area is 111 Å². The summed E-state index contributed by atoms with van der Waals surface area (Å²) in [4.78, 5) is 0. The molecule has 0 aliphatic heterocycles. The van der Waals surface area contributed by atoms with E-state index in [0.29, 0.717) is 13.2 Å². The van der Waals surface area contributed by atoms with Gasteiger partial charge < -0.3 is 20.3 Å². The largest absolute Gasteiger partial charge is 0.396 e. The molecule has 1 saturated carbocycles. The summed E-state index contributed by atoms with van der Waals surface area (Å²) < 4.78 is 5.44. The van der Waals surface area contributed by atoms with E-state index < -0.39 is 6.10 Å². The number of rotatable bonds is 11. The molecule has 1 rings (SSSR count). The molecule has 0 spiro atoms. The Bertz CT molecular complexity index is 217. The van der Waals surface area contributed by atoms with Crippen LogP contribution in [-0.4, -0.2) is 49.2 Å². The van der Waals surface area contributed by atoms with Crippen LogP contribution < -0.4 is 5.32 Å². The zero-order valence-corrected chi connectivity index (χ0v) is 11.8. The first kappa shape index (κ1) is 15.9. The average Bonchev–Trinajstić information content (AvgIpc) is 3.10. The maximum Gasteiger partial charge on any atom is 0.0897 e. The third-order valence-electron chi connectivity index (χ3n) is 3.36. The lowest BCUT2D eigenvalue weighted by Crippen LogP contribution is -2.36. The summed E-state index contributed by atoms with van der Waals surface area (Å²) in [5.74, 6) is 0.752. The minimum atomic E-state index is -0.419. The molecular formula is C14H29NO3. The molecule has 4 nitrogen and oxygen atoms in total. The predicted octanol–water partition coefficient (Wildman–Crippen LogP) is 1.16. The fraction of sp³-hybridized carbons (Fsp3) is 1.00. The van der Waals surface area contributed by atoms with Crippen molar-refractivity contribution >= 4 is 0 Å². The van der Waals surface area contributed by atoms with Crippen molar-refractivity contribution in [3.8, 4) is 0 Å². The van der Waals surface area contributed by atoms with E-state index in [1.807, 2.05) is 0 Å². The highest BCUT2D eigenvalue weighted by Crippen LogP contribution is 2.28. The highest BCUT2D eigenvalue weighted by atomic mass is 16.5. The van der Waals surface area contributed by atoms with Gasteiger partial charge in [0.05, 0.1) is 12.7 Å². The standard InChI is InChI=1S/C14H29NO3/c1-14(2,6-3-7-16)11-15-8-13(17)10-18-9-12-4-5-12/h12-13,15-17H,3-11H2,1-2H3. The number of aliphatic hydroxyl groups excluding tert-OH is 2. The summed E-state index contributed by atoms with van der Waals surface area (Å²) in [5, 5.41) is 21.8. The summed E-state index contributed by atoms with van der Waals surface area (Å²) in [5.41, 5.74) is 0.164. The molecule has 0 saturated heterocycles. The monoisotopic (exact) mass is 259 g/mol. The summed E-state index contributed by atoms with van der Waals surface area (Å²) in [7, 11) is 0. The maximum absolute atomic E-state index is 9.73. The van der Waals surface area contributed by atoms with Crippen molar-refractivity contribution in [3.63, 3.8) is 0 Å². The van der Waals surface area contributed by atoms with Crippen LogP contribution in [-0.2, 0) is 4.74 Å². The van der Waals surface area contributed by atoms with Crippen molar-refractivity contribution in [3.05, 3.63) is 0 Å². The Balaban J connectivity index is 1.97. The van der Waals surface area contributed by atoms with Gasteiger partial charge in [-0.15, -0.1) is 0 Å². The van der Waals surface area contributed by atoms with Crippen LogP contribution in [0, 0.1) is 11.3 Å². The molecule has 0 aromatic rings. The lowest BCUT2D eigenvalue weighted by molar-refractivity contribution is 0.0314. The van der Waals surface area contributed by atoms with E-state index in [2.05, 4.69) is 19.2 Å². The van der Waals surface area contributed by atoms with Gasteiger partial charge >= 0.3 is 0 Å². The van der Waals surface area contributed by atoms with Crippen LogP contribution in [0.15, 0.2) is 0 Å². The van der Waals surface area contributed by atoms with Crippen molar-refractivity contribution < 1.29 is 14.9 Å².